The van der Waals surface area contributed by atoms with E-state index in [1.165, 1.54) is 17.4 Å². The molecule has 2 aromatic carbocycles. The van der Waals surface area contributed by atoms with Crippen molar-refractivity contribution < 1.29 is 19.1 Å². The number of para-hydroxylation sites is 1. The van der Waals surface area contributed by atoms with Crippen molar-refractivity contribution in [3.05, 3.63) is 76.7 Å². The Morgan fingerprint density at radius 2 is 1.81 bits per heavy atom. The number of esters is 1. The first-order chi connectivity index (χ1) is 15.5. The number of hydrogen-bond acceptors (Lipinski definition) is 5. The van der Waals surface area contributed by atoms with Gasteiger partial charge in [-0.05, 0) is 38.0 Å². The first-order valence-corrected chi connectivity index (χ1v) is 11.5. The van der Waals surface area contributed by atoms with Gasteiger partial charge < -0.3 is 14.8 Å². The van der Waals surface area contributed by atoms with Crippen molar-refractivity contribution in [1.82, 2.24) is 0 Å². The lowest BCUT2D eigenvalue weighted by Crippen LogP contribution is -2.12. The zero-order valence-corrected chi connectivity index (χ0v) is 19.3. The van der Waals surface area contributed by atoms with Crippen molar-refractivity contribution >= 4 is 34.3 Å². The number of hydrogen-bond donors (Lipinski definition) is 1. The molecule has 0 aliphatic heterocycles. The van der Waals surface area contributed by atoms with E-state index in [1.807, 2.05) is 67.8 Å². The maximum atomic E-state index is 12.7. The van der Waals surface area contributed by atoms with Gasteiger partial charge in [-0.2, -0.15) is 0 Å². The van der Waals surface area contributed by atoms with Crippen LogP contribution in [0.2, 0.25) is 0 Å². The van der Waals surface area contributed by atoms with Crippen LogP contribution in [0.15, 0.2) is 60.0 Å². The summed E-state index contributed by atoms with van der Waals surface area (Å²) >= 11 is 1.30. The molecule has 0 atom stereocenters. The average molecular weight is 450 g/mol. The Balaban J connectivity index is 1.84. The van der Waals surface area contributed by atoms with Gasteiger partial charge >= 0.3 is 5.97 Å². The summed E-state index contributed by atoms with van der Waals surface area (Å²) in [6.45, 7) is 6.67. The lowest BCUT2D eigenvalue weighted by atomic mass is 10.0. The summed E-state index contributed by atoms with van der Waals surface area (Å²) in [4.78, 5) is 25.3. The van der Waals surface area contributed by atoms with Gasteiger partial charge in [0.05, 0.1) is 13.2 Å². The maximum Gasteiger partial charge on any atom is 0.341 e. The molecule has 0 unspecified atom stereocenters. The number of ether oxygens (including phenoxy) is 2. The van der Waals surface area contributed by atoms with Gasteiger partial charge in [0.2, 0.25) is 5.91 Å². The van der Waals surface area contributed by atoms with E-state index in [9.17, 15) is 9.59 Å². The first-order valence-electron chi connectivity index (χ1n) is 10.6. The standard InChI is InChI=1S/C26H27NO4S/c1-4-16-31-22-9-7-6-8-20(22)14-15-23(28)27-25-24(26(29)30-5-2)21(17-32-25)19-12-10-18(3)11-13-19/h6-15,17H,4-5,16H2,1-3H3,(H,27,28). The Hall–Kier alpha value is -3.38. The second-order valence-corrected chi connectivity index (χ2v) is 8.03. The Morgan fingerprint density at radius 3 is 2.53 bits per heavy atom. The number of nitrogens with one attached hydrogen (secondary N) is 1. The third-order valence-corrected chi connectivity index (χ3v) is 5.56. The van der Waals surface area contributed by atoms with Crippen molar-refractivity contribution in [2.45, 2.75) is 27.2 Å². The van der Waals surface area contributed by atoms with Crippen LogP contribution >= 0.6 is 11.3 Å². The van der Waals surface area contributed by atoms with E-state index in [2.05, 4.69) is 5.32 Å². The summed E-state index contributed by atoms with van der Waals surface area (Å²) < 4.78 is 11.0. The number of anilines is 1. The van der Waals surface area contributed by atoms with Crippen LogP contribution in [0.1, 0.15) is 41.8 Å². The minimum absolute atomic E-state index is 0.254. The fourth-order valence-electron chi connectivity index (χ4n) is 3.08. The molecule has 0 fully saturated rings. The molecule has 6 heteroatoms. The predicted octanol–water partition coefficient (Wildman–Crippen LogP) is 6.34. The Bertz CT molecular complexity index is 1100. The largest absolute Gasteiger partial charge is 0.493 e. The molecule has 1 aromatic heterocycles. The van der Waals surface area contributed by atoms with Crippen molar-refractivity contribution in [3.63, 3.8) is 0 Å². The summed E-state index contributed by atoms with van der Waals surface area (Å²) in [5.41, 5.74) is 3.95. The molecule has 0 spiro atoms. The summed E-state index contributed by atoms with van der Waals surface area (Å²) in [6, 6.07) is 15.4. The molecular formula is C26H27NO4S. The fourth-order valence-corrected chi connectivity index (χ4v) is 4.04. The summed E-state index contributed by atoms with van der Waals surface area (Å²) in [5, 5.41) is 5.16. The molecule has 32 heavy (non-hydrogen) atoms. The van der Waals surface area contributed by atoms with E-state index in [4.69, 9.17) is 9.47 Å². The minimum atomic E-state index is -0.457. The Kier molecular flexibility index (Phi) is 8.22. The average Bonchev–Trinajstić information content (AvgIpc) is 3.21. The zero-order valence-electron chi connectivity index (χ0n) is 18.5. The van der Waals surface area contributed by atoms with E-state index in [-0.39, 0.29) is 12.5 Å². The van der Waals surface area contributed by atoms with Gasteiger partial charge in [-0.15, -0.1) is 11.3 Å². The molecule has 1 amide bonds. The molecule has 0 aliphatic rings. The number of carbonyl (C=O) groups is 2. The van der Waals surface area contributed by atoms with Gasteiger partial charge in [-0.3, -0.25) is 4.79 Å². The van der Waals surface area contributed by atoms with E-state index < -0.39 is 5.97 Å². The highest BCUT2D eigenvalue weighted by atomic mass is 32.1. The molecule has 1 heterocycles. The van der Waals surface area contributed by atoms with Gasteiger partial charge in [0.1, 0.15) is 16.3 Å². The van der Waals surface area contributed by atoms with Gasteiger partial charge in [0.15, 0.2) is 0 Å². The van der Waals surface area contributed by atoms with Crippen LogP contribution in [-0.4, -0.2) is 25.1 Å². The first kappa shape index (κ1) is 23.3. The topological polar surface area (TPSA) is 64.6 Å². The van der Waals surface area contributed by atoms with Crippen LogP contribution < -0.4 is 10.1 Å². The van der Waals surface area contributed by atoms with Gasteiger partial charge in [0.25, 0.3) is 0 Å². The van der Waals surface area contributed by atoms with Gasteiger partial charge in [-0.25, -0.2) is 4.79 Å². The lowest BCUT2D eigenvalue weighted by molar-refractivity contribution is -0.111. The number of rotatable bonds is 9. The van der Waals surface area contributed by atoms with Crippen molar-refractivity contribution in [2.75, 3.05) is 18.5 Å². The lowest BCUT2D eigenvalue weighted by Gasteiger charge is -2.09. The fraction of sp³-hybridized carbons (Fsp3) is 0.231. The number of amides is 1. The summed E-state index contributed by atoms with van der Waals surface area (Å²) in [7, 11) is 0. The second-order valence-electron chi connectivity index (χ2n) is 7.15. The van der Waals surface area contributed by atoms with Crippen LogP contribution in [0.5, 0.6) is 5.75 Å². The highest BCUT2D eigenvalue weighted by Gasteiger charge is 2.22. The van der Waals surface area contributed by atoms with Crippen molar-refractivity contribution in [3.8, 4) is 16.9 Å². The maximum absolute atomic E-state index is 12.7. The van der Waals surface area contributed by atoms with Gasteiger partial charge in [-0.1, -0.05) is 55.0 Å². The molecule has 1 N–H and O–H groups in total. The SMILES string of the molecule is CCCOc1ccccc1C=CC(=O)Nc1scc(-c2ccc(C)cc2)c1C(=O)OCC. The van der Waals surface area contributed by atoms with Crippen LogP contribution in [0, 0.1) is 6.92 Å². The molecule has 166 valence electrons. The monoisotopic (exact) mass is 449 g/mol. The highest BCUT2D eigenvalue weighted by Crippen LogP contribution is 2.36. The van der Waals surface area contributed by atoms with E-state index in [0.717, 1.165) is 34.4 Å². The van der Waals surface area contributed by atoms with E-state index in [0.29, 0.717) is 17.2 Å². The van der Waals surface area contributed by atoms with Gasteiger partial charge in [0, 0.05) is 22.6 Å². The summed E-state index contributed by atoms with van der Waals surface area (Å²) in [6.07, 6.45) is 4.05. The molecule has 3 aromatic rings. The Labute approximate surface area is 192 Å². The number of thiophene rings is 1. The molecule has 3 rings (SSSR count). The predicted molar refractivity (Wildman–Crippen MR) is 130 cm³/mol. The van der Waals surface area contributed by atoms with Crippen LogP contribution in [0.4, 0.5) is 5.00 Å². The quantitative estimate of drug-likeness (QED) is 0.306. The van der Waals surface area contributed by atoms with Crippen molar-refractivity contribution in [1.29, 1.82) is 0 Å². The number of aryl methyl sites for hydroxylation is 1. The van der Waals surface area contributed by atoms with Crippen LogP contribution in [0.25, 0.3) is 17.2 Å². The van der Waals surface area contributed by atoms with E-state index in [1.54, 1.807) is 13.0 Å². The third-order valence-electron chi connectivity index (χ3n) is 4.66. The second kappa shape index (κ2) is 11.3. The molecular weight excluding hydrogens is 422 g/mol. The molecule has 0 bridgehead atoms. The van der Waals surface area contributed by atoms with Crippen LogP contribution in [-0.2, 0) is 9.53 Å². The zero-order chi connectivity index (χ0) is 22.9. The van der Waals surface area contributed by atoms with E-state index >= 15 is 0 Å². The van der Waals surface area contributed by atoms with Crippen LogP contribution in [0.3, 0.4) is 0 Å². The Morgan fingerprint density at radius 1 is 1.06 bits per heavy atom. The normalized spacial score (nSPS) is 10.8. The summed E-state index contributed by atoms with van der Waals surface area (Å²) in [5.74, 6) is -0.0662. The third kappa shape index (κ3) is 5.86. The van der Waals surface area contributed by atoms with Crippen molar-refractivity contribution in [2.24, 2.45) is 0 Å². The molecule has 0 radical (unpaired) electrons. The highest BCUT2D eigenvalue weighted by molar-refractivity contribution is 7.15. The smallest absolute Gasteiger partial charge is 0.341 e. The minimum Gasteiger partial charge on any atom is -0.493 e. The number of carbonyl (C=O) groups excluding carboxylic acids is 2. The number of benzene rings is 2. The molecule has 5 nitrogen and oxygen atoms in total. The molecule has 0 saturated carbocycles. The molecule has 0 saturated heterocycles. The molecule has 0 aliphatic carbocycles.